The van der Waals surface area contributed by atoms with Gasteiger partial charge in [-0.15, -0.1) is 0 Å². The number of nitrogens with one attached hydrogen (secondary N) is 2. The Morgan fingerprint density at radius 3 is 2.67 bits per heavy atom. The average Bonchev–Trinajstić information content (AvgIpc) is 2.40. The number of anilines is 1. The van der Waals surface area contributed by atoms with Crippen LogP contribution in [0.25, 0.3) is 0 Å². The molecule has 0 saturated heterocycles. The van der Waals surface area contributed by atoms with E-state index < -0.39 is 0 Å². The molecule has 1 aromatic carbocycles. The van der Waals surface area contributed by atoms with Gasteiger partial charge >= 0.3 is 6.03 Å². The number of urea groups is 1. The minimum absolute atomic E-state index is 0.257. The number of hydrogen-bond acceptors (Lipinski definition) is 2. The van der Waals surface area contributed by atoms with Gasteiger partial charge in [0.2, 0.25) is 0 Å². The van der Waals surface area contributed by atoms with Crippen LogP contribution in [0.2, 0.25) is 0 Å². The van der Waals surface area contributed by atoms with Crippen molar-refractivity contribution in [1.29, 1.82) is 0 Å². The maximum atomic E-state index is 11.7. The van der Waals surface area contributed by atoms with Crippen molar-refractivity contribution >= 4 is 27.6 Å². The van der Waals surface area contributed by atoms with E-state index >= 15 is 0 Å². The number of pyridine rings is 1. The van der Waals surface area contributed by atoms with E-state index in [0.29, 0.717) is 6.54 Å². The minimum Gasteiger partial charge on any atom is -0.332 e. The third kappa shape index (κ3) is 3.56. The van der Waals surface area contributed by atoms with Crippen molar-refractivity contribution in [3.05, 3.63) is 58.8 Å². The number of halogens is 1. The lowest BCUT2D eigenvalue weighted by Gasteiger charge is -2.08. The quantitative estimate of drug-likeness (QED) is 0.915. The lowest BCUT2D eigenvalue weighted by Crippen LogP contribution is -2.28. The van der Waals surface area contributed by atoms with Crippen LogP contribution in [0, 0.1) is 0 Å². The van der Waals surface area contributed by atoms with E-state index in [9.17, 15) is 4.79 Å². The van der Waals surface area contributed by atoms with Gasteiger partial charge in [0.25, 0.3) is 0 Å². The van der Waals surface area contributed by atoms with E-state index in [-0.39, 0.29) is 6.03 Å². The van der Waals surface area contributed by atoms with Crippen molar-refractivity contribution in [3.63, 3.8) is 0 Å². The number of hydrogen-bond donors (Lipinski definition) is 2. The molecule has 0 spiro atoms. The van der Waals surface area contributed by atoms with Crippen molar-refractivity contribution in [2.24, 2.45) is 0 Å². The van der Waals surface area contributed by atoms with Crippen LogP contribution in [0.5, 0.6) is 0 Å². The second-order valence-corrected chi connectivity index (χ2v) is 4.46. The Kier molecular flexibility index (Phi) is 4.30. The topological polar surface area (TPSA) is 54.0 Å². The molecule has 1 heterocycles. The highest BCUT2D eigenvalue weighted by atomic mass is 79.9. The fraction of sp³-hybridized carbons (Fsp3) is 0.0769. The van der Waals surface area contributed by atoms with Crippen LogP contribution in [0.15, 0.2) is 53.1 Å². The van der Waals surface area contributed by atoms with Crippen LogP contribution in [0.3, 0.4) is 0 Å². The summed E-state index contributed by atoms with van der Waals surface area (Å²) in [6.07, 6.45) is 1.70. The summed E-state index contributed by atoms with van der Waals surface area (Å²) < 4.78 is 0.845. The van der Waals surface area contributed by atoms with Crippen LogP contribution in [-0.4, -0.2) is 11.0 Å². The predicted octanol–water partition coefficient (Wildman–Crippen LogP) is 3.17. The molecule has 5 heteroatoms. The summed E-state index contributed by atoms with van der Waals surface area (Å²) in [6.45, 7) is 0.400. The Hall–Kier alpha value is -1.88. The number of amides is 2. The predicted molar refractivity (Wildman–Crippen MR) is 74.2 cm³/mol. The third-order valence-electron chi connectivity index (χ3n) is 2.28. The molecule has 0 aliphatic carbocycles. The van der Waals surface area contributed by atoms with Gasteiger partial charge in [0.1, 0.15) is 0 Å². The first-order chi connectivity index (χ1) is 8.75. The largest absolute Gasteiger partial charge is 0.332 e. The number of benzene rings is 1. The SMILES string of the molecule is O=C(NCc1ccccn1)Nc1ccccc1Br. The molecule has 2 amide bonds. The molecule has 2 rings (SSSR count). The van der Waals surface area contributed by atoms with Gasteiger partial charge in [0, 0.05) is 10.7 Å². The molecule has 92 valence electrons. The second-order valence-electron chi connectivity index (χ2n) is 3.61. The first kappa shape index (κ1) is 12.6. The van der Waals surface area contributed by atoms with Gasteiger partial charge in [-0.05, 0) is 40.2 Å². The number of para-hydroxylation sites is 1. The highest BCUT2D eigenvalue weighted by Gasteiger charge is 2.04. The molecule has 0 aliphatic heterocycles. The van der Waals surface area contributed by atoms with Gasteiger partial charge in [-0.2, -0.15) is 0 Å². The van der Waals surface area contributed by atoms with E-state index in [1.54, 1.807) is 6.20 Å². The molecule has 4 nitrogen and oxygen atoms in total. The first-order valence-electron chi connectivity index (χ1n) is 5.45. The van der Waals surface area contributed by atoms with E-state index in [0.717, 1.165) is 15.9 Å². The zero-order valence-corrected chi connectivity index (χ0v) is 11.1. The molecule has 18 heavy (non-hydrogen) atoms. The van der Waals surface area contributed by atoms with E-state index in [4.69, 9.17) is 0 Å². The fourth-order valence-corrected chi connectivity index (χ4v) is 1.79. The normalized spacial score (nSPS) is 9.83. The van der Waals surface area contributed by atoms with E-state index in [1.807, 2.05) is 42.5 Å². The van der Waals surface area contributed by atoms with E-state index in [1.165, 1.54) is 0 Å². The minimum atomic E-state index is -0.257. The van der Waals surface area contributed by atoms with Crippen LogP contribution < -0.4 is 10.6 Å². The molecule has 0 bridgehead atoms. The van der Waals surface area contributed by atoms with Gasteiger partial charge in [-0.25, -0.2) is 4.79 Å². The monoisotopic (exact) mass is 305 g/mol. The number of carbonyl (C=O) groups excluding carboxylic acids is 1. The third-order valence-corrected chi connectivity index (χ3v) is 2.97. The lowest BCUT2D eigenvalue weighted by atomic mass is 10.3. The number of rotatable bonds is 3. The molecule has 2 aromatic rings. The molecule has 0 fully saturated rings. The summed E-state index contributed by atoms with van der Waals surface area (Å²) in [5, 5.41) is 5.50. The van der Waals surface area contributed by atoms with Gasteiger partial charge in [-0.1, -0.05) is 18.2 Å². The Morgan fingerprint density at radius 1 is 1.17 bits per heavy atom. The van der Waals surface area contributed by atoms with E-state index in [2.05, 4.69) is 31.5 Å². The fourth-order valence-electron chi connectivity index (χ4n) is 1.40. The van der Waals surface area contributed by atoms with Crippen molar-refractivity contribution in [3.8, 4) is 0 Å². The van der Waals surface area contributed by atoms with Gasteiger partial charge in [0.05, 0.1) is 17.9 Å². The summed E-state index contributed by atoms with van der Waals surface area (Å²) in [5.74, 6) is 0. The number of nitrogens with zero attached hydrogens (tertiary/aromatic N) is 1. The number of carbonyl (C=O) groups is 1. The van der Waals surface area contributed by atoms with Crippen molar-refractivity contribution in [1.82, 2.24) is 10.3 Å². The summed E-state index contributed by atoms with van der Waals surface area (Å²) in [6, 6.07) is 12.8. The summed E-state index contributed by atoms with van der Waals surface area (Å²) in [4.78, 5) is 15.8. The Labute approximate surface area is 114 Å². The van der Waals surface area contributed by atoms with Gasteiger partial charge in [0.15, 0.2) is 0 Å². The van der Waals surface area contributed by atoms with Crippen LogP contribution >= 0.6 is 15.9 Å². The summed E-state index contributed by atoms with van der Waals surface area (Å²) in [5.41, 5.74) is 1.55. The molecular weight excluding hydrogens is 294 g/mol. The van der Waals surface area contributed by atoms with Crippen LogP contribution in [0.1, 0.15) is 5.69 Å². The highest BCUT2D eigenvalue weighted by Crippen LogP contribution is 2.20. The van der Waals surface area contributed by atoms with Gasteiger partial charge in [-0.3, -0.25) is 4.98 Å². The standard InChI is InChI=1S/C13H12BrN3O/c14-11-6-1-2-7-12(11)17-13(18)16-9-10-5-3-4-8-15-10/h1-8H,9H2,(H2,16,17,18). The van der Waals surface area contributed by atoms with Crippen molar-refractivity contribution in [2.45, 2.75) is 6.54 Å². The molecule has 0 aliphatic rings. The smallest absolute Gasteiger partial charge is 0.319 e. The molecular formula is C13H12BrN3O. The molecule has 0 unspecified atom stereocenters. The lowest BCUT2D eigenvalue weighted by molar-refractivity contribution is 0.251. The molecule has 0 radical (unpaired) electrons. The molecule has 1 aromatic heterocycles. The molecule has 0 saturated carbocycles. The first-order valence-corrected chi connectivity index (χ1v) is 6.24. The summed E-state index contributed by atoms with van der Waals surface area (Å²) >= 11 is 3.37. The summed E-state index contributed by atoms with van der Waals surface area (Å²) in [7, 11) is 0. The number of aromatic nitrogens is 1. The van der Waals surface area contributed by atoms with Crippen molar-refractivity contribution in [2.75, 3.05) is 5.32 Å². The van der Waals surface area contributed by atoms with Crippen LogP contribution in [0.4, 0.5) is 10.5 Å². The maximum Gasteiger partial charge on any atom is 0.319 e. The highest BCUT2D eigenvalue weighted by molar-refractivity contribution is 9.10. The van der Waals surface area contributed by atoms with Crippen molar-refractivity contribution < 1.29 is 4.79 Å². The van der Waals surface area contributed by atoms with Crippen LogP contribution in [-0.2, 0) is 6.54 Å². The zero-order chi connectivity index (χ0) is 12.8. The Bertz CT molecular complexity index is 531. The molecule has 2 N–H and O–H groups in total. The maximum absolute atomic E-state index is 11.7. The average molecular weight is 306 g/mol. The van der Waals surface area contributed by atoms with Gasteiger partial charge < -0.3 is 10.6 Å². The molecule has 0 atom stereocenters. The Morgan fingerprint density at radius 2 is 1.94 bits per heavy atom. The Balaban J connectivity index is 1.88. The zero-order valence-electron chi connectivity index (χ0n) is 9.56. The second kappa shape index (κ2) is 6.16.